The molecule has 1 aliphatic carbocycles. The van der Waals surface area contributed by atoms with Crippen molar-refractivity contribution in [2.75, 3.05) is 6.61 Å². The maximum Gasteiger partial charge on any atom is 0.280 e. The van der Waals surface area contributed by atoms with E-state index >= 15 is 0 Å². The summed E-state index contributed by atoms with van der Waals surface area (Å²) in [5.74, 6) is -4.23. The van der Waals surface area contributed by atoms with Crippen LogP contribution in [0.2, 0.25) is 5.02 Å². The Morgan fingerprint density at radius 3 is 2.91 bits per heavy atom. The molecule has 8 nitrogen and oxygen atoms in total. The molecule has 3 aromatic rings. The average molecular weight is 521 g/mol. The molecule has 14 heteroatoms. The van der Waals surface area contributed by atoms with Gasteiger partial charge in [-0.15, -0.1) is 0 Å². The van der Waals surface area contributed by atoms with Crippen LogP contribution in [0.3, 0.4) is 0 Å². The highest BCUT2D eigenvalue weighted by atomic mass is 35.5. The molecular formula is C20H17ClF4N4O4S. The van der Waals surface area contributed by atoms with Crippen molar-refractivity contribution in [1.82, 2.24) is 20.3 Å². The summed E-state index contributed by atoms with van der Waals surface area (Å²) < 4.78 is 63.0. The number of ether oxygens (including phenoxy) is 2. The zero-order chi connectivity index (χ0) is 24.5. The minimum atomic E-state index is -3.27. The van der Waals surface area contributed by atoms with Crippen LogP contribution in [-0.4, -0.2) is 57.1 Å². The predicted octanol–water partition coefficient (Wildman–Crippen LogP) is 4.45. The molecule has 0 spiro atoms. The highest BCUT2D eigenvalue weighted by Crippen LogP contribution is 2.35. The molecule has 182 valence electrons. The molecule has 1 amide bonds. The van der Waals surface area contributed by atoms with Gasteiger partial charge in [0.05, 0.1) is 11.1 Å². The molecule has 1 aliphatic rings. The number of amides is 1. The van der Waals surface area contributed by atoms with Gasteiger partial charge in [0.2, 0.25) is 5.88 Å². The van der Waals surface area contributed by atoms with Crippen molar-refractivity contribution in [1.29, 1.82) is 0 Å². The van der Waals surface area contributed by atoms with Crippen molar-refractivity contribution in [3.63, 3.8) is 0 Å². The third-order valence-corrected chi connectivity index (χ3v) is 6.10. The number of thiazole rings is 1. The van der Waals surface area contributed by atoms with Crippen LogP contribution in [-0.2, 0) is 0 Å². The molecule has 0 unspecified atom stereocenters. The van der Waals surface area contributed by atoms with Crippen molar-refractivity contribution in [3.05, 3.63) is 34.4 Å². The number of carbonyl (C=O) groups is 1. The largest absolute Gasteiger partial charge is 0.482 e. The van der Waals surface area contributed by atoms with E-state index in [4.69, 9.17) is 21.1 Å². The van der Waals surface area contributed by atoms with Gasteiger partial charge in [-0.3, -0.25) is 4.79 Å². The first-order valence-corrected chi connectivity index (χ1v) is 11.2. The van der Waals surface area contributed by atoms with Crippen molar-refractivity contribution < 1.29 is 36.9 Å². The third kappa shape index (κ3) is 5.47. The SMILES string of the molecule is O=C(N[C@H]1CCCC(F)(F)[C@@H]1O)c1nc2ccc(Oc3ncc(Cl)cc3OCC(F)F)nc2s1. The first kappa shape index (κ1) is 24.4. The fraction of sp³-hybridized carbons (Fsp3) is 0.400. The summed E-state index contributed by atoms with van der Waals surface area (Å²) in [6.07, 6.45) is -3.52. The van der Waals surface area contributed by atoms with Gasteiger partial charge in [0.15, 0.2) is 10.8 Å². The molecule has 4 rings (SSSR count). The van der Waals surface area contributed by atoms with Crippen LogP contribution < -0.4 is 14.8 Å². The van der Waals surface area contributed by atoms with Crippen LogP contribution in [0.15, 0.2) is 24.4 Å². The molecule has 1 saturated carbocycles. The van der Waals surface area contributed by atoms with Crippen molar-refractivity contribution in [2.45, 2.75) is 43.8 Å². The zero-order valence-electron chi connectivity index (χ0n) is 17.2. The normalized spacial score (nSPS) is 19.9. The number of fused-ring (bicyclic) bond motifs is 1. The van der Waals surface area contributed by atoms with E-state index in [1.54, 1.807) is 0 Å². The molecular weight excluding hydrogens is 504 g/mol. The Hall–Kier alpha value is -2.77. The Kier molecular flexibility index (Phi) is 7.05. The molecule has 34 heavy (non-hydrogen) atoms. The van der Waals surface area contributed by atoms with Crippen LogP contribution in [0, 0.1) is 0 Å². The van der Waals surface area contributed by atoms with Gasteiger partial charge in [-0.25, -0.2) is 32.5 Å². The van der Waals surface area contributed by atoms with E-state index < -0.39 is 43.4 Å². The van der Waals surface area contributed by atoms with E-state index in [0.717, 1.165) is 11.3 Å². The van der Waals surface area contributed by atoms with E-state index in [9.17, 15) is 27.5 Å². The number of nitrogens with one attached hydrogen (secondary N) is 1. The van der Waals surface area contributed by atoms with E-state index in [1.807, 2.05) is 0 Å². The molecule has 1 fully saturated rings. The maximum absolute atomic E-state index is 13.7. The fourth-order valence-corrected chi connectivity index (χ4v) is 4.31. The smallest absolute Gasteiger partial charge is 0.280 e. The lowest BCUT2D eigenvalue weighted by molar-refractivity contribution is -0.141. The summed E-state index contributed by atoms with van der Waals surface area (Å²) in [7, 11) is 0. The van der Waals surface area contributed by atoms with Gasteiger partial charge in [-0.2, -0.15) is 0 Å². The standard InChI is InChI=1S/C20H17ClF4N4O4S/c21-9-6-12(32-8-13(22)23)17(26-7-9)33-14-4-3-11-18(29-14)34-19(28-11)16(31)27-10-2-1-5-20(24,25)15(10)30/h3-4,6-7,10,13,15,30H,1-2,5,8H2,(H,27,31)/t10-,15+/m0/s1. The van der Waals surface area contributed by atoms with Gasteiger partial charge in [0, 0.05) is 24.8 Å². The average Bonchev–Trinajstić information content (AvgIpc) is 3.20. The lowest BCUT2D eigenvalue weighted by Gasteiger charge is -2.34. The molecule has 3 aromatic heterocycles. The fourth-order valence-electron chi connectivity index (χ4n) is 3.33. The number of aromatic nitrogens is 3. The number of hydrogen-bond donors (Lipinski definition) is 2. The van der Waals surface area contributed by atoms with Crippen molar-refractivity contribution in [2.24, 2.45) is 0 Å². The van der Waals surface area contributed by atoms with Gasteiger partial charge in [-0.1, -0.05) is 22.9 Å². The molecule has 2 atom stereocenters. The first-order valence-electron chi connectivity index (χ1n) is 10.0. The summed E-state index contributed by atoms with van der Waals surface area (Å²) in [6.45, 7) is -0.889. The summed E-state index contributed by atoms with van der Waals surface area (Å²) in [6, 6.07) is 3.09. The number of aliphatic hydroxyl groups is 1. The number of pyridine rings is 2. The highest BCUT2D eigenvalue weighted by molar-refractivity contribution is 7.19. The Bertz CT molecular complexity index is 1200. The third-order valence-electron chi connectivity index (χ3n) is 4.93. The minimum absolute atomic E-state index is 0.0159. The Labute approximate surface area is 198 Å². The molecule has 0 bridgehead atoms. The number of halogens is 5. The quantitative estimate of drug-likeness (QED) is 0.443. The topological polar surface area (TPSA) is 106 Å². The Morgan fingerprint density at radius 2 is 2.15 bits per heavy atom. The van der Waals surface area contributed by atoms with Crippen LogP contribution in [0.5, 0.6) is 17.5 Å². The molecule has 0 aliphatic heterocycles. The van der Waals surface area contributed by atoms with E-state index in [0.29, 0.717) is 10.3 Å². The minimum Gasteiger partial charge on any atom is -0.482 e. The molecule has 0 saturated heterocycles. The number of nitrogens with zero attached hydrogens (tertiary/aromatic N) is 3. The van der Waals surface area contributed by atoms with E-state index in [-0.39, 0.29) is 40.4 Å². The zero-order valence-corrected chi connectivity index (χ0v) is 18.8. The van der Waals surface area contributed by atoms with Crippen LogP contribution in [0.25, 0.3) is 10.3 Å². The van der Waals surface area contributed by atoms with E-state index in [2.05, 4.69) is 20.3 Å². The number of carbonyl (C=O) groups excluding carboxylic acids is 1. The second kappa shape index (κ2) is 9.84. The molecule has 2 N–H and O–H groups in total. The number of hydrogen-bond acceptors (Lipinski definition) is 8. The highest BCUT2D eigenvalue weighted by Gasteiger charge is 2.46. The van der Waals surface area contributed by atoms with Gasteiger partial charge >= 0.3 is 0 Å². The van der Waals surface area contributed by atoms with Gasteiger partial charge in [0.25, 0.3) is 24.1 Å². The lowest BCUT2D eigenvalue weighted by Crippen LogP contribution is -2.54. The van der Waals surface area contributed by atoms with Crippen molar-refractivity contribution >= 4 is 39.2 Å². The van der Waals surface area contributed by atoms with Gasteiger partial charge in [0.1, 0.15) is 23.1 Å². The summed E-state index contributed by atoms with van der Waals surface area (Å²) in [5, 5.41) is 12.4. The summed E-state index contributed by atoms with van der Waals surface area (Å²) in [4.78, 5) is 25.1. The lowest BCUT2D eigenvalue weighted by atomic mass is 9.89. The molecule has 0 radical (unpaired) electrons. The number of rotatable bonds is 7. The van der Waals surface area contributed by atoms with Crippen molar-refractivity contribution in [3.8, 4) is 17.5 Å². The number of aliphatic hydroxyl groups excluding tert-OH is 1. The monoisotopic (exact) mass is 520 g/mol. The summed E-state index contributed by atoms with van der Waals surface area (Å²) >= 11 is 6.72. The maximum atomic E-state index is 13.7. The Morgan fingerprint density at radius 1 is 1.35 bits per heavy atom. The second-order valence-electron chi connectivity index (χ2n) is 7.43. The van der Waals surface area contributed by atoms with Gasteiger partial charge < -0.3 is 19.9 Å². The number of alkyl halides is 4. The molecule has 3 heterocycles. The molecule has 0 aromatic carbocycles. The van der Waals surface area contributed by atoms with E-state index in [1.165, 1.54) is 24.4 Å². The first-order chi connectivity index (χ1) is 16.1. The summed E-state index contributed by atoms with van der Waals surface area (Å²) in [5.41, 5.74) is 0.343. The predicted molar refractivity (Wildman–Crippen MR) is 114 cm³/mol. The van der Waals surface area contributed by atoms with Crippen LogP contribution in [0.1, 0.15) is 29.1 Å². The van der Waals surface area contributed by atoms with Crippen LogP contribution >= 0.6 is 22.9 Å². The Balaban J connectivity index is 1.50. The van der Waals surface area contributed by atoms with Crippen LogP contribution in [0.4, 0.5) is 17.6 Å². The van der Waals surface area contributed by atoms with Gasteiger partial charge in [-0.05, 0) is 18.9 Å². The second-order valence-corrected chi connectivity index (χ2v) is 8.85.